The molecule has 0 unspecified atom stereocenters. The Balaban J connectivity index is 0.00000112. The maximum atomic E-state index is 5.49. The lowest BCUT2D eigenvalue weighted by Crippen LogP contribution is -1.86. The van der Waals surface area contributed by atoms with E-state index in [4.69, 9.17) is 6.42 Å². The average molecular weight is 196 g/mol. The zero-order valence-corrected chi connectivity index (χ0v) is 8.25. The largest absolute Gasteiger partial charge is 0.115 e. The Hall–Kier alpha value is -1.74. The molecule has 0 aliphatic heterocycles. The lowest BCUT2D eigenvalue weighted by atomic mass is 9.98. The number of aryl methyl sites for hydroxylation is 1. The summed E-state index contributed by atoms with van der Waals surface area (Å²) in [6.45, 7) is 2.15. The highest BCUT2D eigenvalue weighted by atomic mass is 14.1. The van der Waals surface area contributed by atoms with Crippen molar-refractivity contribution in [3.8, 4) is 12.3 Å². The molecule has 0 aromatic heterocycles. The molecule has 0 heteroatoms. The van der Waals surface area contributed by atoms with Crippen LogP contribution in [0.3, 0.4) is 0 Å². The van der Waals surface area contributed by atoms with Crippen molar-refractivity contribution >= 4 is 10.8 Å². The summed E-state index contributed by atoms with van der Waals surface area (Å²) >= 11 is 0. The molecular formula is C15H16. The standard InChI is InChI=1S/C14H12.CH4/c1-3-11-7-5-9-13-10-6-8-12(4-2)14(11)13;/h1,5-10H,4H2,2H3;1H4. The lowest BCUT2D eigenvalue weighted by Gasteiger charge is -2.05. The molecule has 0 aliphatic rings. The second kappa shape index (κ2) is 4.66. The summed E-state index contributed by atoms with van der Waals surface area (Å²) in [6, 6.07) is 12.5. The van der Waals surface area contributed by atoms with E-state index in [0.29, 0.717) is 0 Å². The molecule has 0 spiro atoms. The third kappa shape index (κ3) is 1.87. The second-order valence-electron chi connectivity index (χ2n) is 3.32. The third-order valence-corrected chi connectivity index (χ3v) is 2.53. The van der Waals surface area contributed by atoms with Gasteiger partial charge in [0.25, 0.3) is 0 Å². The van der Waals surface area contributed by atoms with E-state index in [0.717, 1.165) is 12.0 Å². The SMILES string of the molecule is C.C#Cc1cccc2cccc(CC)c12. The van der Waals surface area contributed by atoms with Crippen LogP contribution in [0.15, 0.2) is 36.4 Å². The lowest BCUT2D eigenvalue weighted by molar-refractivity contribution is 1.16. The number of rotatable bonds is 1. The van der Waals surface area contributed by atoms with E-state index in [1.807, 2.05) is 12.1 Å². The third-order valence-electron chi connectivity index (χ3n) is 2.53. The molecule has 0 bridgehead atoms. The van der Waals surface area contributed by atoms with E-state index < -0.39 is 0 Å². The smallest absolute Gasteiger partial charge is 0.0323 e. The molecule has 0 atom stereocenters. The molecule has 0 aliphatic carbocycles. The molecule has 0 saturated carbocycles. The van der Waals surface area contributed by atoms with E-state index in [2.05, 4.69) is 37.1 Å². The summed E-state index contributed by atoms with van der Waals surface area (Å²) < 4.78 is 0. The van der Waals surface area contributed by atoms with Gasteiger partial charge >= 0.3 is 0 Å². The minimum Gasteiger partial charge on any atom is -0.115 e. The van der Waals surface area contributed by atoms with Gasteiger partial charge in [-0.05, 0) is 23.4 Å². The van der Waals surface area contributed by atoms with Crippen LogP contribution in [-0.2, 0) is 6.42 Å². The molecule has 0 radical (unpaired) electrons. The average Bonchev–Trinajstić information content (AvgIpc) is 2.27. The predicted molar refractivity (Wildman–Crippen MR) is 68.0 cm³/mol. The van der Waals surface area contributed by atoms with Gasteiger partial charge < -0.3 is 0 Å². The predicted octanol–water partition coefficient (Wildman–Crippen LogP) is 4.02. The molecule has 0 saturated heterocycles. The first-order valence-corrected chi connectivity index (χ1v) is 4.84. The minimum absolute atomic E-state index is 0. The van der Waals surface area contributed by atoms with Crippen LogP contribution in [0.1, 0.15) is 25.5 Å². The van der Waals surface area contributed by atoms with Crippen LogP contribution >= 0.6 is 0 Å². The summed E-state index contributed by atoms with van der Waals surface area (Å²) in [5, 5.41) is 2.47. The van der Waals surface area contributed by atoms with E-state index in [9.17, 15) is 0 Å². The Morgan fingerprint density at radius 3 is 2.40 bits per heavy atom. The Morgan fingerprint density at radius 2 is 1.80 bits per heavy atom. The summed E-state index contributed by atoms with van der Waals surface area (Å²) in [7, 11) is 0. The monoisotopic (exact) mass is 196 g/mol. The van der Waals surface area contributed by atoms with Gasteiger partial charge in [-0.25, -0.2) is 0 Å². The summed E-state index contributed by atoms with van der Waals surface area (Å²) in [6.07, 6.45) is 6.51. The van der Waals surface area contributed by atoms with Crippen molar-refractivity contribution < 1.29 is 0 Å². The fourth-order valence-corrected chi connectivity index (χ4v) is 1.83. The zero-order chi connectivity index (χ0) is 9.97. The fraction of sp³-hybridized carbons (Fsp3) is 0.200. The van der Waals surface area contributed by atoms with Crippen molar-refractivity contribution in [2.45, 2.75) is 20.8 Å². The van der Waals surface area contributed by atoms with E-state index in [1.165, 1.54) is 16.3 Å². The van der Waals surface area contributed by atoms with Crippen LogP contribution in [0.4, 0.5) is 0 Å². The summed E-state index contributed by atoms with van der Waals surface area (Å²) in [5.41, 5.74) is 2.33. The first-order valence-electron chi connectivity index (χ1n) is 4.84. The van der Waals surface area contributed by atoms with Gasteiger partial charge in [0.1, 0.15) is 0 Å². The van der Waals surface area contributed by atoms with Crippen LogP contribution < -0.4 is 0 Å². The Kier molecular flexibility index (Phi) is 3.52. The second-order valence-corrected chi connectivity index (χ2v) is 3.32. The van der Waals surface area contributed by atoms with Crippen LogP contribution in [0.25, 0.3) is 10.8 Å². The molecule has 76 valence electrons. The molecule has 2 aromatic carbocycles. The quantitative estimate of drug-likeness (QED) is 0.604. The number of hydrogen-bond acceptors (Lipinski definition) is 0. The minimum atomic E-state index is 0. The van der Waals surface area contributed by atoms with Crippen molar-refractivity contribution in [2.24, 2.45) is 0 Å². The molecule has 15 heavy (non-hydrogen) atoms. The van der Waals surface area contributed by atoms with Gasteiger partial charge in [0.15, 0.2) is 0 Å². The maximum Gasteiger partial charge on any atom is 0.0323 e. The Morgan fingerprint density at radius 1 is 1.13 bits per heavy atom. The normalized spacial score (nSPS) is 9.33. The van der Waals surface area contributed by atoms with Gasteiger partial charge in [-0.3, -0.25) is 0 Å². The number of hydrogen-bond donors (Lipinski definition) is 0. The van der Waals surface area contributed by atoms with E-state index in [-0.39, 0.29) is 7.43 Å². The first-order chi connectivity index (χ1) is 6.86. The highest BCUT2D eigenvalue weighted by molar-refractivity contribution is 5.91. The van der Waals surface area contributed by atoms with Crippen LogP contribution in [-0.4, -0.2) is 0 Å². The van der Waals surface area contributed by atoms with Gasteiger partial charge in [0.2, 0.25) is 0 Å². The topological polar surface area (TPSA) is 0 Å². The first kappa shape index (κ1) is 11.3. The van der Waals surface area contributed by atoms with Crippen molar-refractivity contribution in [3.05, 3.63) is 47.5 Å². The van der Waals surface area contributed by atoms with Gasteiger partial charge in [-0.1, -0.05) is 50.6 Å². The molecular weight excluding hydrogens is 180 g/mol. The maximum absolute atomic E-state index is 5.49. The number of benzene rings is 2. The summed E-state index contributed by atoms with van der Waals surface area (Å²) in [5.74, 6) is 2.74. The molecule has 0 heterocycles. The van der Waals surface area contributed by atoms with Gasteiger partial charge in [-0.2, -0.15) is 0 Å². The number of fused-ring (bicyclic) bond motifs is 1. The molecule has 0 nitrogen and oxygen atoms in total. The molecule has 0 N–H and O–H groups in total. The van der Waals surface area contributed by atoms with Crippen molar-refractivity contribution in [1.29, 1.82) is 0 Å². The van der Waals surface area contributed by atoms with Crippen LogP contribution in [0, 0.1) is 12.3 Å². The highest BCUT2D eigenvalue weighted by Gasteiger charge is 2.02. The van der Waals surface area contributed by atoms with Crippen molar-refractivity contribution in [3.63, 3.8) is 0 Å². The highest BCUT2D eigenvalue weighted by Crippen LogP contribution is 2.22. The Bertz CT molecular complexity index is 496. The van der Waals surface area contributed by atoms with E-state index >= 15 is 0 Å². The van der Waals surface area contributed by atoms with E-state index in [1.54, 1.807) is 0 Å². The molecule has 0 amide bonds. The number of terminal acetylenes is 1. The molecule has 2 aromatic rings. The van der Waals surface area contributed by atoms with Crippen LogP contribution in [0.2, 0.25) is 0 Å². The molecule has 0 fully saturated rings. The van der Waals surface area contributed by atoms with Gasteiger partial charge in [0, 0.05) is 10.9 Å². The van der Waals surface area contributed by atoms with Crippen molar-refractivity contribution in [1.82, 2.24) is 0 Å². The van der Waals surface area contributed by atoms with Gasteiger partial charge in [0.05, 0.1) is 0 Å². The zero-order valence-electron chi connectivity index (χ0n) is 8.25. The Labute approximate surface area is 91.9 Å². The van der Waals surface area contributed by atoms with Crippen LogP contribution in [0.5, 0.6) is 0 Å². The fourth-order valence-electron chi connectivity index (χ4n) is 1.83. The molecule has 2 rings (SSSR count). The van der Waals surface area contributed by atoms with Gasteiger partial charge in [-0.15, -0.1) is 6.42 Å². The van der Waals surface area contributed by atoms with Crippen molar-refractivity contribution in [2.75, 3.05) is 0 Å². The summed E-state index contributed by atoms with van der Waals surface area (Å²) in [4.78, 5) is 0.